The van der Waals surface area contributed by atoms with E-state index in [0.717, 1.165) is 11.1 Å². The summed E-state index contributed by atoms with van der Waals surface area (Å²) in [6.45, 7) is 5.07. The van der Waals surface area contributed by atoms with Crippen molar-refractivity contribution in [2.75, 3.05) is 0 Å². The van der Waals surface area contributed by atoms with E-state index in [1.54, 1.807) is 0 Å². The third kappa shape index (κ3) is 4.23. The van der Waals surface area contributed by atoms with Crippen LogP contribution in [0.3, 0.4) is 0 Å². The highest BCUT2D eigenvalue weighted by molar-refractivity contribution is 5.76. The molecule has 103 valence electrons. The van der Waals surface area contributed by atoms with Gasteiger partial charge in [0.2, 0.25) is 5.91 Å². The molecule has 0 atom stereocenters. The molecule has 2 heteroatoms. The second-order valence-electron chi connectivity index (χ2n) is 4.82. The SMILES string of the molecule is [CH2]CCC(=O)N(Cc1ccccc1)Cc1ccccc1. The van der Waals surface area contributed by atoms with E-state index < -0.39 is 0 Å². The van der Waals surface area contributed by atoms with Gasteiger partial charge in [-0.1, -0.05) is 67.6 Å². The number of rotatable bonds is 6. The fourth-order valence-corrected chi connectivity index (χ4v) is 2.15. The number of hydrogen-bond acceptors (Lipinski definition) is 1. The van der Waals surface area contributed by atoms with Crippen LogP contribution < -0.4 is 0 Å². The number of nitrogens with zero attached hydrogens (tertiary/aromatic N) is 1. The van der Waals surface area contributed by atoms with Gasteiger partial charge in [-0.3, -0.25) is 4.79 Å². The van der Waals surface area contributed by atoms with Gasteiger partial charge in [0.25, 0.3) is 0 Å². The highest BCUT2D eigenvalue weighted by Crippen LogP contribution is 2.12. The van der Waals surface area contributed by atoms with E-state index in [4.69, 9.17) is 0 Å². The van der Waals surface area contributed by atoms with Gasteiger partial charge in [-0.2, -0.15) is 0 Å². The Morgan fingerprint density at radius 3 is 1.70 bits per heavy atom. The van der Waals surface area contributed by atoms with Crippen LogP contribution in [0.25, 0.3) is 0 Å². The Balaban J connectivity index is 2.10. The molecule has 0 spiro atoms. The fourth-order valence-electron chi connectivity index (χ4n) is 2.15. The normalized spacial score (nSPS) is 10.2. The lowest BCUT2D eigenvalue weighted by Crippen LogP contribution is -2.29. The van der Waals surface area contributed by atoms with Gasteiger partial charge >= 0.3 is 0 Å². The maximum atomic E-state index is 12.2. The topological polar surface area (TPSA) is 20.3 Å². The second kappa shape index (κ2) is 7.49. The summed E-state index contributed by atoms with van der Waals surface area (Å²) >= 11 is 0. The maximum Gasteiger partial charge on any atom is 0.223 e. The van der Waals surface area contributed by atoms with Crippen LogP contribution >= 0.6 is 0 Å². The van der Waals surface area contributed by atoms with E-state index in [2.05, 4.69) is 31.2 Å². The van der Waals surface area contributed by atoms with Gasteiger partial charge in [0, 0.05) is 19.5 Å². The molecule has 0 saturated heterocycles. The van der Waals surface area contributed by atoms with Gasteiger partial charge in [-0.15, -0.1) is 0 Å². The predicted molar refractivity (Wildman–Crippen MR) is 81.7 cm³/mol. The van der Waals surface area contributed by atoms with E-state index >= 15 is 0 Å². The number of amides is 1. The van der Waals surface area contributed by atoms with Crippen molar-refractivity contribution in [2.45, 2.75) is 25.9 Å². The summed E-state index contributed by atoms with van der Waals surface area (Å²) < 4.78 is 0. The molecule has 1 amide bonds. The molecule has 0 fully saturated rings. The van der Waals surface area contributed by atoms with Crippen LogP contribution in [-0.4, -0.2) is 10.8 Å². The van der Waals surface area contributed by atoms with Gasteiger partial charge in [0.05, 0.1) is 0 Å². The first-order valence-corrected chi connectivity index (χ1v) is 6.94. The molecule has 2 aromatic rings. The van der Waals surface area contributed by atoms with Crippen LogP contribution in [0, 0.1) is 6.92 Å². The lowest BCUT2D eigenvalue weighted by atomic mass is 10.1. The van der Waals surface area contributed by atoms with Crippen LogP contribution in [0.15, 0.2) is 60.7 Å². The zero-order valence-corrected chi connectivity index (χ0v) is 11.7. The van der Waals surface area contributed by atoms with Crippen molar-refractivity contribution in [3.8, 4) is 0 Å². The summed E-state index contributed by atoms with van der Waals surface area (Å²) in [5, 5.41) is 0. The zero-order valence-electron chi connectivity index (χ0n) is 11.7. The molecule has 2 aromatic carbocycles. The molecular weight excluding hydrogens is 246 g/mol. The summed E-state index contributed by atoms with van der Waals surface area (Å²) in [6, 6.07) is 20.2. The van der Waals surface area contributed by atoms with E-state index in [1.165, 1.54) is 0 Å². The van der Waals surface area contributed by atoms with E-state index in [1.807, 2.05) is 41.3 Å². The molecule has 2 nitrogen and oxygen atoms in total. The summed E-state index contributed by atoms with van der Waals surface area (Å²) in [6.07, 6.45) is 1.14. The number of hydrogen-bond donors (Lipinski definition) is 0. The zero-order chi connectivity index (χ0) is 14.2. The van der Waals surface area contributed by atoms with Crippen molar-refractivity contribution in [3.63, 3.8) is 0 Å². The molecule has 0 heterocycles. The van der Waals surface area contributed by atoms with Crippen molar-refractivity contribution in [2.24, 2.45) is 0 Å². The number of benzene rings is 2. The molecule has 0 aliphatic rings. The van der Waals surface area contributed by atoms with E-state index in [0.29, 0.717) is 25.9 Å². The van der Waals surface area contributed by atoms with Crippen molar-refractivity contribution in [1.82, 2.24) is 4.90 Å². The standard InChI is InChI=1S/C18H20NO/c1-2-9-18(20)19(14-16-10-5-3-6-11-16)15-17-12-7-4-8-13-17/h3-8,10-13H,1-2,9,14-15H2. The minimum Gasteiger partial charge on any atom is -0.334 e. The quantitative estimate of drug-likeness (QED) is 0.778. The minimum absolute atomic E-state index is 0.160. The van der Waals surface area contributed by atoms with Crippen molar-refractivity contribution < 1.29 is 4.79 Å². The van der Waals surface area contributed by atoms with Gasteiger partial charge in [0.15, 0.2) is 0 Å². The first kappa shape index (κ1) is 14.3. The summed E-state index contributed by atoms with van der Waals surface area (Å²) in [5.74, 6) is 0.160. The Hall–Kier alpha value is -2.09. The Kier molecular flexibility index (Phi) is 5.36. The molecule has 0 unspecified atom stereocenters. The van der Waals surface area contributed by atoms with E-state index in [-0.39, 0.29) is 5.91 Å². The smallest absolute Gasteiger partial charge is 0.223 e. The Labute approximate surface area is 121 Å². The molecular formula is C18H20NO. The molecule has 2 rings (SSSR count). The highest BCUT2D eigenvalue weighted by atomic mass is 16.2. The van der Waals surface area contributed by atoms with Crippen LogP contribution in [0.2, 0.25) is 0 Å². The maximum absolute atomic E-state index is 12.2. The minimum atomic E-state index is 0.160. The Bertz CT molecular complexity index is 480. The summed E-state index contributed by atoms with van der Waals surface area (Å²) in [5.41, 5.74) is 2.31. The van der Waals surface area contributed by atoms with Crippen LogP contribution in [0.1, 0.15) is 24.0 Å². The molecule has 0 N–H and O–H groups in total. The Morgan fingerprint density at radius 1 is 0.850 bits per heavy atom. The second-order valence-corrected chi connectivity index (χ2v) is 4.82. The monoisotopic (exact) mass is 266 g/mol. The number of carbonyl (C=O) groups is 1. The first-order chi connectivity index (χ1) is 9.79. The van der Waals surface area contributed by atoms with Crippen molar-refractivity contribution in [3.05, 3.63) is 78.7 Å². The third-order valence-electron chi connectivity index (χ3n) is 3.18. The van der Waals surface area contributed by atoms with Gasteiger partial charge in [-0.25, -0.2) is 0 Å². The molecule has 0 aliphatic heterocycles. The Morgan fingerprint density at radius 2 is 1.30 bits per heavy atom. The fraction of sp³-hybridized carbons (Fsp3) is 0.222. The van der Waals surface area contributed by atoms with Gasteiger partial charge in [-0.05, 0) is 17.5 Å². The van der Waals surface area contributed by atoms with Crippen molar-refractivity contribution in [1.29, 1.82) is 0 Å². The number of carbonyl (C=O) groups excluding carboxylic acids is 1. The first-order valence-electron chi connectivity index (χ1n) is 6.94. The van der Waals surface area contributed by atoms with Crippen molar-refractivity contribution >= 4 is 5.91 Å². The highest BCUT2D eigenvalue weighted by Gasteiger charge is 2.13. The van der Waals surface area contributed by atoms with Crippen LogP contribution in [-0.2, 0) is 17.9 Å². The molecule has 20 heavy (non-hydrogen) atoms. The molecule has 0 aromatic heterocycles. The van der Waals surface area contributed by atoms with Gasteiger partial charge < -0.3 is 4.90 Å². The van der Waals surface area contributed by atoms with Gasteiger partial charge in [0.1, 0.15) is 0 Å². The lowest BCUT2D eigenvalue weighted by Gasteiger charge is -2.23. The molecule has 0 aliphatic carbocycles. The van der Waals surface area contributed by atoms with E-state index in [9.17, 15) is 4.79 Å². The molecule has 0 bridgehead atoms. The predicted octanol–water partition coefficient (Wildman–Crippen LogP) is 3.83. The molecule has 0 saturated carbocycles. The van der Waals surface area contributed by atoms with Crippen LogP contribution in [0.4, 0.5) is 0 Å². The third-order valence-corrected chi connectivity index (χ3v) is 3.18. The average molecular weight is 266 g/mol. The summed E-state index contributed by atoms with van der Waals surface area (Å²) in [4.78, 5) is 14.1. The lowest BCUT2D eigenvalue weighted by molar-refractivity contribution is -0.132. The largest absolute Gasteiger partial charge is 0.334 e. The molecule has 1 radical (unpaired) electrons. The summed E-state index contributed by atoms with van der Waals surface area (Å²) in [7, 11) is 0. The van der Waals surface area contributed by atoms with Crippen LogP contribution in [0.5, 0.6) is 0 Å². The average Bonchev–Trinajstić information content (AvgIpc) is 2.49.